The smallest absolute Gasteiger partial charge is 0.225 e. The highest BCUT2D eigenvalue weighted by Gasteiger charge is 2.54. The van der Waals surface area contributed by atoms with E-state index < -0.39 is 0 Å². The Hall–Kier alpha value is -1.98. The quantitative estimate of drug-likeness (QED) is 0.752. The minimum absolute atomic E-state index is 0.152. The zero-order valence-electron chi connectivity index (χ0n) is 17.8. The summed E-state index contributed by atoms with van der Waals surface area (Å²) in [5.41, 5.74) is 2.97. The first-order valence-corrected chi connectivity index (χ1v) is 11.6. The van der Waals surface area contributed by atoms with Crippen molar-refractivity contribution in [1.29, 1.82) is 0 Å². The molecule has 30 heavy (non-hydrogen) atoms. The number of nitrogens with one attached hydrogen (secondary N) is 1. The molecule has 3 aliphatic rings. The molecule has 4 heterocycles. The van der Waals surface area contributed by atoms with Crippen LogP contribution in [-0.4, -0.2) is 40.7 Å². The molecule has 1 atom stereocenters. The first-order valence-electron chi connectivity index (χ1n) is 11.2. The minimum atomic E-state index is -0.261. The van der Waals surface area contributed by atoms with Crippen LogP contribution in [0.25, 0.3) is 5.69 Å². The van der Waals surface area contributed by atoms with Crippen molar-refractivity contribution in [3.05, 3.63) is 47.2 Å². The molecule has 0 bridgehead atoms. The molecule has 0 saturated carbocycles. The lowest BCUT2D eigenvalue weighted by Gasteiger charge is -2.42. The van der Waals surface area contributed by atoms with Crippen molar-refractivity contribution in [2.75, 3.05) is 25.0 Å². The van der Waals surface area contributed by atoms with Gasteiger partial charge in [0.15, 0.2) is 0 Å². The summed E-state index contributed by atoms with van der Waals surface area (Å²) < 4.78 is 8.80. The van der Waals surface area contributed by atoms with E-state index in [0.29, 0.717) is 12.5 Å². The molecular formula is C24H30ClN3O2. The summed E-state index contributed by atoms with van der Waals surface area (Å²) in [6.07, 6.45) is 6.64. The van der Waals surface area contributed by atoms with Crippen LogP contribution in [0.3, 0.4) is 0 Å². The van der Waals surface area contributed by atoms with E-state index in [1.54, 1.807) is 0 Å². The number of benzene rings is 1. The van der Waals surface area contributed by atoms with Crippen LogP contribution in [0.15, 0.2) is 36.5 Å². The molecule has 1 amide bonds. The van der Waals surface area contributed by atoms with Gasteiger partial charge in [0, 0.05) is 36.6 Å². The maximum atomic E-state index is 12.8. The number of ether oxygens (including phenoxy) is 1. The summed E-state index contributed by atoms with van der Waals surface area (Å²) in [5, 5.41) is 4.52. The third-order valence-corrected chi connectivity index (χ3v) is 7.64. The van der Waals surface area contributed by atoms with Crippen molar-refractivity contribution in [1.82, 2.24) is 9.47 Å². The third-order valence-electron chi connectivity index (χ3n) is 7.40. The normalized spacial score (nSPS) is 24.2. The molecule has 3 aliphatic heterocycles. The van der Waals surface area contributed by atoms with Crippen LogP contribution in [0.1, 0.15) is 51.6 Å². The summed E-state index contributed by atoms with van der Waals surface area (Å²) in [7, 11) is 0. The second-order valence-corrected chi connectivity index (χ2v) is 9.56. The van der Waals surface area contributed by atoms with Crippen LogP contribution in [0.4, 0.5) is 5.69 Å². The summed E-state index contributed by atoms with van der Waals surface area (Å²) in [6.45, 7) is 6.41. The summed E-state index contributed by atoms with van der Waals surface area (Å²) in [5.74, 6) is 0.468. The highest BCUT2D eigenvalue weighted by Crippen LogP contribution is 2.50. The number of anilines is 1. The predicted molar refractivity (Wildman–Crippen MR) is 119 cm³/mol. The second kappa shape index (κ2) is 7.31. The van der Waals surface area contributed by atoms with Crippen LogP contribution in [-0.2, 0) is 15.1 Å². The van der Waals surface area contributed by atoms with Gasteiger partial charge in [-0.15, -0.1) is 0 Å². The second-order valence-electron chi connectivity index (χ2n) is 9.12. The van der Waals surface area contributed by atoms with Gasteiger partial charge in [0.1, 0.15) is 5.54 Å². The molecule has 0 radical (unpaired) electrons. The van der Waals surface area contributed by atoms with Crippen LogP contribution >= 0.6 is 11.6 Å². The number of carbonyl (C=O) groups excluding carboxylic acids is 1. The molecule has 1 aromatic carbocycles. The number of rotatable bonds is 3. The molecule has 2 aromatic rings. The number of nitrogens with zero attached hydrogens (tertiary/aromatic N) is 2. The molecule has 2 spiro atoms. The number of likely N-dealkylation sites (tertiary alicyclic amines) is 1. The lowest BCUT2D eigenvalue weighted by atomic mass is 9.79. The number of hydrogen-bond donors (Lipinski definition) is 1. The third kappa shape index (κ3) is 3.05. The Labute approximate surface area is 183 Å². The van der Waals surface area contributed by atoms with Crippen molar-refractivity contribution in [3.63, 3.8) is 0 Å². The Morgan fingerprint density at radius 2 is 2.00 bits per heavy atom. The van der Waals surface area contributed by atoms with Crippen molar-refractivity contribution in [2.45, 2.75) is 57.1 Å². The molecule has 2 fully saturated rings. The topological polar surface area (TPSA) is 46.5 Å². The van der Waals surface area contributed by atoms with E-state index in [-0.39, 0.29) is 17.1 Å². The van der Waals surface area contributed by atoms with Gasteiger partial charge in [0.25, 0.3) is 0 Å². The lowest BCUT2D eigenvalue weighted by Crippen LogP contribution is -2.49. The number of hydrogen-bond acceptors (Lipinski definition) is 3. The fourth-order valence-electron chi connectivity index (χ4n) is 5.65. The SMILES string of the molecule is CCC(CC)C(=O)N1CCC2(CC1)CC1(CO2)Nc2cc(Cl)ccc2-n2cccc21. The highest BCUT2D eigenvalue weighted by atomic mass is 35.5. The largest absolute Gasteiger partial charge is 0.372 e. The lowest BCUT2D eigenvalue weighted by molar-refractivity contribution is -0.140. The number of piperidine rings is 1. The maximum Gasteiger partial charge on any atom is 0.225 e. The Kier molecular flexibility index (Phi) is 4.86. The van der Waals surface area contributed by atoms with Crippen LogP contribution in [0.2, 0.25) is 5.02 Å². The van der Waals surface area contributed by atoms with Gasteiger partial charge < -0.3 is 19.5 Å². The molecular weight excluding hydrogens is 398 g/mol. The first kappa shape index (κ1) is 20.0. The fraction of sp³-hybridized carbons (Fsp3) is 0.542. The van der Waals surface area contributed by atoms with Gasteiger partial charge in [-0.05, 0) is 56.0 Å². The van der Waals surface area contributed by atoms with Gasteiger partial charge in [-0.1, -0.05) is 25.4 Å². The molecule has 1 unspecified atom stereocenters. The predicted octanol–water partition coefficient (Wildman–Crippen LogP) is 4.97. The zero-order chi connectivity index (χ0) is 20.9. The van der Waals surface area contributed by atoms with Crippen LogP contribution in [0.5, 0.6) is 0 Å². The van der Waals surface area contributed by atoms with Gasteiger partial charge in [-0.2, -0.15) is 0 Å². The van der Waals surface area contributed by atoms with Crippen LogP contribution < -0.4 is 5.32 Å². The van der Waals surface area contributed by atoms with E-state index in [9.17, 15) is 4.79 Å². The van der Waals surface area contributed by atoms with E-state index in [1.807, 2.05) is 12.1 Å². The van der Waals surface area contributed by atoms with Gasteiger partial charge in [-0.25, -0.2) is 0 Å². The molecule has 160 valence electrons. The monoisotopic (exact) mass is 427 g/mol. The Morgan fingerprint density at radius 1 is 1.23 bits per heavy atom. The van der Waals surface area contributed by atoms with E-state index >= 15 is 0 Å². The van der Waals surface area contributed by atoms with Crippen LogP contribution in [0, 0.1) is 5.92 Å². The molecule has 1 N–H and O–H groups in total. The van der Waals surface area contributed by atoms with E-state index in [4.69, 9.17) is 16.3 Å². The number of amides is 1. The Bertz CT molecular complexity index is 959. The van der Waals surface area contributed by atoms with Gasteiger partial charge in [0.2, 0.25) is 5.91 Å². The Morgan fingerprint density at radius 3 is 2.73 bits per heavy atom. The highest BCUT2D eigenvalue weighted by molar-refractivity contribution is 6.31. The van der Waals surface area contributed by atoms with E-state index in [2.05, 4.69) is 53.0 Å². The molecule has 1 aromatic heterocycles. The summed E-state index contributed by atoms with van der Waals surface area (Å²) in [4.78, 5) is 14.9. The van der Waals surface area contributed by atoms with Gasteiger partial charge >= 0.3 is 0 Å². The summed E-state index contributed by atoms with van der Waals surface area (Å²) in [6, 6.07) is 10.3. The van der Waals surface area contributed by atoms with E-state index in [0.717, 1.165) is 61.6 Å². The van der Waals surface area contributed by atoms with Gasteiger partial charge in [0.05, 0.1) is 29.3 Å². The molecule has 2 saturated heterocycles. The number of aromatic nitrogens is 1. The van der Waals surface area contributed by atoms with Crippen molar-refractivity contribution in [3.8, 4) is 5.69 Å². The Balaban J connectivity index is 1.37. The average molecular weight is 428 g/mol. The molecule has 5 nitrogen and oxygen atoms in total. The first-order chi connectivity index (χ1) is 14.5. The number of carbonyl (C=O) groups is 1. The van der Waals surface area contributed by atoms with Crippen molar-refractivity contribution >= 4 is 23.2 Å². The summed E-state index contributed by atoms with van der Waals surface area (Å²) >= 11 is 6.29. The standard InChI is InChI=1S/C24H30ClN3O2/c1-3-17(4-2)22(29)27-12-9-23(10-13-27)15-24(16-30-23)21-6-5-11-28(21)20-8-7-18(25)14-19(20)26-24/h5-8,11,14,17,26H,3-4,9-10,12-13,15-16H2,1-2H3. The minimum Gasteiger partial charge on any atom is -0.372 e. The fourth-order valence-corrected chi connectivity index (χ4v) is 5.82. The van der Waals surface area contributed by atoms with E-state index in [1.165, 1.54) is 5.69 Å². The van der Waals surface area contributed by atoms with Crippen molar-refractivity contribution < 1.29 is 9.53 Å². The molecule has 0 aliphatic carbocycles. The molecule has 5 rings (SSSR count). The average Bonchev–Trinajstić information content (AvgIpc) is 3.36. The number of fused-ring (bicyclic) bond motifs is 4. The maximum absolute atomic E-state index is 12.8. The zero-order valence-corrected chi connectivity index (χ0v) is 18.5. The number of halogens is 1. The molecule has 6 heteroatoms. The van der Waals surface area contributed by atoms with Crippen molar-refractivity contribution in [2.24, 2.45) is 5.92 Å². The van der Waals surface area contributed by atoms with Gasteiger partial charge in [-0.3, -0.25) is 4.79 Å².